The molecule has 5 nitrogen and oxygen atoms in total. The molecule has 3 rings (SSSR count). The third-order valence-corrected chi connectivity index (χ3v) is 4.58. The molecule has 2 heterocycles. The Labute approximate surface area is 119 Å². The van der Waals surface area contributed by atoms with Gasteiger partial charge in [0.05, 0.1) is 31.5 Å². The molecule has 1 aliphatic carbocycles. The molecule has 5 heteroatoms. The number of hydrogen-bond donors (Lipinski definition) is 0. The molecule has 3 fully saturated rings. The van der Waals surface area contributed by atoms with Crippen molar-refractivity contribution in [1.82, 2.24) is 0 Å². The van der Waals surface area contributed by atoms with Gasteiger partial charge in [0.15, 0.2) is 0 Å². The average Bonchev–Trinajstić information content (AvgIpc) is 3.21. The Morgan fingerprint density at radius 1 is 1.05 bits per heavy atom. The first-order chi connectivity index (χ1) is 9.70. The third-order valence-electron chi connectivity index (χ3n) is 4.58. The van der Waals surface area contributed by atoms with E-state index in [1.54, 1.807) is 0 Å². The summed E-state index contributed by atoms with van der Waals surface area (Å²) >= 11 is 0. The van der Waals surface area contributed by atoms with Crippen LogP contribution in [0.15, 0.2) is 0 Å². The van der Waals surface area contributed by atoms with E-state index in [0.717, 1.165) is 38.7 Å². The molecule has 0 aromatic carbocycles. The topological polar surface area (TPSA) is 57.3 Å². The van der Waals surface area contributed by atoms with Crippen molar-refractivity contribution in [2.75, 3.05) is 19.8 Å². The minimum absolute atomic E-state index is 0.266. The Bertz CT molecular complexity index is 333. The fraction of sp³-hybridized carbons (Fsp3) is 0.933. The molecule has 114 valence electrons. The highest BCUT2D eigenvalue weighted by Gasteiger charge is 2.44. The van der Waals surface area contributed by atoms with Gasteiger partial charge in [-0.2, -0.15) is 0 Å². The minimum atomic E-state index is -0.525. The van der Waals surface area contributed by atoms with Crippen LogP contribution in [0.25, 0.3) is 0 Å². The zero-order valence-corrected chi connectivity index (χ0v) is 12.1. The van der Waals surface area contributed by atoms with Gasteiger partial charge in [-0.25, -0.2) is 4.79 Å². The van der Waals surface area contributed by atoms with Crippen LogP contribution in [0.3, 0.4) is 0 Å². The van der Waals surface area contributed by atoms with Gasteiger partial charge in [-0.15, -0.1) is 0 Å². The lowest BCUT2D eigenvalue weighted by molar-refractivity contribution is -0.0248. The summed E-state index contributed by atoms with van der Waals surface area (Å²) < 4.78 is 21.4. The molecule has 0 radical (unpaired) electrons. The van der Waals surface area contributed by atoms with E-state index in [-0.39, 0.29) is 6.10 Å². The van der Waals surface area contributed by atoms with E-state index in [0.29, 0.717) is 37.3 Å². The van der Waals surface area contributed by atoms with Crippen molar-refractivity contribution in [2.24, 2.45) is 11.8 Å². The Hall–Kier alpha value is -0.810. The quantitative estimate of drug-likeness (QED) is 0.586. The van der Waals surface area contributed by atoms with Gasteiger partial charge in [-0.1, -0.05) is 0 Å². The summed E-state index contributed by atoms with van der Waals surface area (Å²) in [5, 5.41) is 0. The molecule has 0 aromatic heterocycles. The average molecular weight is 284 g/mol. The van der Waals surface area contributed by atoms with Crippen LogP contribution in [0, 0.1) is 11.8 Å². The van der Waals surface area contributed by atoms with Crippen LogP contribution < -0.4 is 0 Å². The highest BCUT2D eigenvalue weighted by molar-refractivity contribution is 5.59. The number of carbonyl (C=O) groups excluding carboxylic acids is 1. The SMILES string of the molecule is CC1CC(COC(=O)OCC2CCC3OC3C2)CCO1. The number of rotatable bonds is 4. The molecule has 5 atom stereocenters. The lowest BCUT2D eigenvalue weighted by atomic mass is 9.90. The third kappa shape index (κ3) is 3.85. The monoisotopic (exact) mass is 284 g/mol. The van der Waals surface area contributed by atoms with E-state index in [4.69, 9.17) is 18.9 Å². The van der Waals surface area contributed by atoms with Gasteiger partial charge >= 0.3 is 6.16 Å². The van der Waals surface area contributed by atoms with E-state index in [1.165, 1.54) is 0 Å². The molecular formula is C15H24O5. The molecule has 0 N–H and O–H groups in total. The van der Waals surface area contributed by atoms with Crippen LogP contribution >= 0.6 is 0 Å². The van der Waals surface area contributed by atoms with Gasteiger partial charge in [0.2, 0.25) is 0 Å². The van der Waals surface area contributed by atoms with Crippen LogP contribution in [0.1, 0.15) is 39.0 Å². The van der Waals surface area contributed by atoms with Crippen molar-refractivity contribution in [3.05, 3.63) is 0 Å². The molecule has 0 aromatic rings. The van der Waals surface area contributed by atoms with Crippen LogP contribution in [-0.2, 0) is 18.9 Å². The predicted molar refractivity (Wildman–Crippen MR) is 71.4 cm³/mol. The Balaban J connectivity index is 1.29. The van der Waals surface area contributed by atoms with Crippen molar-refractivity contribution in [3.63, 3.8) is 0 Å². The van der Waals surface area contributed by atoms with Gasteiger partial charge in [0, 0.05) is 6.61 Å². The van der Waals surface area contributed by atoms with Crippen LogP contribution in [0.2, 0.25) is 0 Å². The smallest absolute Gasteiger partial charge is 0.434 e. The summed E-state index contributed by atoms with van der Waals surface area (Å²) in [5.41, 5.74) is 0. The molecule has 0 amide bonds. The van der Waals surface area contributed by atoms with Gasteiger partial charge in [0.25, 0.3) is 0 Å². The molecule has 3 aliphatic rings. The Kier molecular flexibility index (Phi) is 4.46. The normalized spacial score (nSPS) is 39.8. The van der Waals surface area contributed by atoms with Crippen LogP contribution in [0.5, 0.6) is 0 Å². The number of hydrogen-bond acceptors (Lipinski definition) is 5. The second-order valence-electron chi connectivity index (χ2n) is 6.34. The zero-order valence-electron chi connectivity index (χ0n) is 12.1. The van der Waals surface area contributed by atoms with Crippen LogP contribution in [-0.4, -0.2) is 44.3 Å². The van der Waals surface area contributed by atoms with Gasteiger partial charge in [0.1, 0.15) is 0 Å². The number of epoxide rings is 1. The Morgan fingerprint density at radius 3 is 2.50 bits per heavy atom. The van der Waals surface area contributed by atoms with E-state index in [1.807, 2.05) is 0 Å². The molecule has 5 unspecified atom stereocenters. The highest BCUT2D eigenvalue weighted by atomic mass is 16.7. The van der Waals surface area contributed by atoms with E-state index in [2.05, 4.69) is 6.92 Å². The van der Waals surface area contributed by atoms with Crippen molar-refractivity contribution < 1.29 is 23.7 Å². The summed E-state index contributed by atoms with van der Waals surface area (Å²) in [6.45, 7) is 3.73. The van der Waals surface area contributed by atoms with Crippen molar-refractivity contribution in [3.8, 4) is 0 Å². The molecule has 2 saturated heterocycles. The minimum Gasteiger partial charge on any atom is -0.434 e. The summed E-state index contributed by atoms with van der Waals surface area (Å²) in [6.07, 6.45) is 5.79. The molecule has 20 heavy (non-hydrogen) atoms. The lowest BCUT2D eigenvalue weighted by Gasteiger charge is -2.26. The number of fused-ring (bicyclic) bond motifs is 1. The Morgan fingerprint density at radius 2 is 1.80 bits per heavy atom. The molecule has 1 saturated carbocycles. The number of ether oxygens (including phenoxy) is 4. The molecule has 2 aliphatic heterocycles. The first kappa shape index (κ1) is 14.1. The van der Waals surface area contributed by atoms with Crippen molar-refractivity contribution in [1.29, 1.82) is 0 Å². The zero-order chi connectivity index (χ0) is 13.9. The lowest BCUT2D eigenvalue weighted by Crippen LogP contribution is -2.27. The van der Waals surface area contributed by atoms with Gasteiger partial charge in [-0.05, 0) is 50.9 Å². The van der Waals surface area contributed by atoms with E-state index < -0.39 is 6.16 Å². The maximum absolute atomic E-state index is 11.6. The second kappa shape index (κ2) is 6.31. The van der Waals surface area contributed by atoms with Gasteiger partial charge in [-0.3, -0.25) is 0 Å². The van der Waals surface area contributed by atoms with E-state index >= 15 is 0 Å². The molecular weight excluding hydrogens is 260 g/mol. The molecule has 0 spiro atoms. The first-order valence-corrected chi connectivity index (χ1v) is 7.77. The molecule has 0 bridgehead atoms. The summed E-state index contributed by atoms with van der Waals surface area (Å²) in [4.78, 5) is 11.6. The van der Waals surface area contributed by atoms with Crippen molar-refractivity contribution in [2.45, 2.75) is 57.3 Å². The maximum atomic E-state index is 11.6. The fourth-order valence-electron chi connectivity index (χ4n) is 3.29. The van der Waals surface area contributed by atoms with E-state index in [9.17, 15) is 4.79 Å². The first-order valence-electron chi connectivity index (χ1n) is 7.77. The summed E-state index contributed by atoms with van der Waals surface area (Å²) in [6, 6.07) is 0. The standard InChI is InChI=1S/C15H24O5/c1-10-6-12(4-5-17-10)9-19-15(16)18-8-11-2-3-13-14(7-11)20-13/h10-14H,2-9H2,1H3. The van der Waals surface area contributed by atoms with Gasteiger partial charge < -0.3 is 18.9 Å². The summed E-state index contributed by atoms with van der Waals surface area (Å²) in [7, 11) is 0. The highest BCUT2D eigenvalue weighted by Crippen LogP contribution is 2.39. The largest absolute Gasteiger partial charge is 0.508 e. The summed E-state index contributed by atoms with van der Waals surface area (Å²) in [5.74, 6) is 0.844. The van der Waals surface area contributed by atoms with Crippen molar-refractivity contribution >= 4 is 6.16 Å². The fourth-order valence-corrected chi connectivity index (χ4v) is 3.29. The number of carbonyl (C=O) groups is 1. The predicted octanol–water partition coefficient (Wildman–Crippen LogP) is 2.52. The maximum Gasteiger partial charge on any atom is 0.508 e. The van der Waals surface area contributed by atoms with Crippen LogP contribution in [0.4, 0.5) is 4.79 Å². The second-order valence-corrected chi connectivity index (χ2v) is 6.34.